The highest BCUT2D eigenvalue weighted by molar-refractivity contribution is 7.92. The van der Waals surface area contributed by atoms with Crippen molar-refractivity contribution in [2.45, 2.75) is 37.7 Å². The molecule has 10 heteroatoms. The lowest BCUT2D eigenvalue weighted by atomic mass is 10.0. The van der Waals surface area contributed by atoms with E-state index in [9.17, 15) is 22.7 Å². The number of nitrogens with zero attached hydrogens (tertiary/aromatic N) is 1. The SMILES string of the molecule is CCc1ccncc1S(=O)(=O)Nc1c(F)cc(Cl)cc1-c1ccc(OC(C)(C)C(=O)O)cc1. The van der Waals surface area contributed by atoms with E-state index in [-0.39, 0.29) is 26.9 Å². The number of carboxylic acids is 1. The number of sulfonamides is 1. The topological polar surface area (TPSA) is 106 Å². The number of pyridine rings is 1. The van der Waals surface area contributed by atoms with E-state index >= 15 is 0 Å². The van der Waals surface area contributed by atoms with Gasteiger partial charge in [-0.15, -0.1) is 0 Å². The van der Waals surface area contributed by atoms with Gasteiger partial charge in [-0.2, -0.15) is 0 Å². The summed E-state index contributed by atoms with van der Waals surface area (Å²) in [6, 6.07) is 10.2. The Morgan fingerprint density at radius 3 is 2.48 bits per heavy atom. The number of hydrogen-bond donors (Lipinski definition) is 2. The van der Waals surface area contributed by atoms with E-state index < -0.39 is 27.4 Å². The van der Waals surface area contributed by atoms with Crippen LogP contribution in [0.15, 0.2) is 59.8 Å². The molecule has 0 saturated carbocycles. The standard InChI is InChI=1S/C23H22ClFN2O5S/c1-4-14-9-10-26-13-20(14)33(30,31)27-21-18(11-16(24)12-19(21)25)15-5-7-17(8-6-15)32-23(2,3)22(28)29/h5-13,27H,4H2,1-3H3,(H,28,29). The van der Waals surface area contributed by atoms with Crippen molar-refractivity contribution in [1.29, 1.82) is 0 Å². The molecule has 0 aliphatic heterocycles. The van der Waals surface area contributed by atoms with E-state index in [2.05, 4.69) is 9.71 Å². The minimum absolute atomic E-state index is 0.0487. The summed E-state index contributed by atoms with van der Waals surface area (Å²) in [7, 11) is -4.15. The highest BCUT2D eigenvalue weighted by atomic mass is 35.5. The normalized spacial score (nSPS) is 11.8. The molecule has 0 saturated heterocycles. The van der Waals surface area contributed by atoms with Gasteiger partial charge in [0.25, 0.3) is 10.0 Å². The molecule has 0 bridgehead atoms. The molecule has 33 heavy (non-hydrogen) atoms. The molecule has 2 aromatic carbocycles. The summed E-state index contributed by atoms with van der Waals surface area (Å²) in [4.78, 5) is 15.1. The first-order chi connectivity index (χ1) is 15.4. The second-order valence-electron chi connectivity index (χ2n) is 7.69. The summed E-state index contributed by atoms with van der Waals surface area (Å²) < 4.78 is 48.8. The van der Waals surface area contributed by atoms with Gasteiger partial charge in [-0.25, -0.2) is 17.6 Å². The Morgan fingerprint density at radius 2 is 1.88 bits per heavy atom. The van der Waals surface area contributed by atoms with Crippen LogP contribution in [-0.2, 0) is 21.2 Å². The Kier molecular flexibility index (Phi) is 6.94. The third kappa shape index (κ3) is 5.43. The predicted molar refractivity (Wildman–Crippen MR) is 124 cm³/mol. The number of aliphatic carboxylic acids is 1. The molecule has 0 spiro atoms. The quantitative estimate of drug-likeness (QED) is 0.450. The van der Waals surface area contributed by atoms with Crippen LogP contribution < -0.4 is 9.46 Å². The third-order valence-electron chi connectivity index (χ3n) is 4.89. The number of aryl methyl sites for hydroxylation is 1. The highest BCUT2D eigenvalue weighted by Crippen LogP contribution is 2.36. The number of aromatic nitrogens is 1. The van der Waals surface area contributed by atoms with Gasteiger partial charge in [-0.05, 0) is 61.7 Å². The van der Waals surface area contributed by atoms with Gasteiger partial charge in [0.2, 0.25) is 0 Å². The molecule has 1 heterocycles. The van der Waals surface area contributed by atoms with Crippen molar-refractivity contribution in [3.63, 3.8) is 0 Å². The lowest BCUT2D eigenvalue weighted by Crippen LogP contribution is -2.37. The molecule has 0 atom stereocenters. The Hall–Kier alpha value is -3.17. The molecule has 1 aromatic heterocycles. The van der Waals surface area contributed by atoms with Crippen LogP contribution in [-0.4, -0.2) is 30.1 Å². The fraction of sp³-hybridized carbons (Fsp3) is 0.217. The summed E-state index contributed by atoms with van der Waals surface area (Å²) in [6.45, 7) is 4.62. The monoisotopic (exact) mass is 492 g/mol. The fourth-order valence-electron chi connectivity index (χ4n) is 3.08. The maximum absolute atomic E-state index is 14.9. The van der Waals surface area contributed by atoms with Crippen molar-refractivity contribution in [3.8, 4) is 16.9 Å². The second-order valence-corrected chi connectivity index (χ2v) is 9.78. The number of nitrogens with one attached hydrogen (secondary N) is 1. The molecule has 3 rings (SSSR count). The second kappa shape index (κ2) is 9.36. The number of rotatable bonds is 8. The van der Waals surface area contributed by atoms with Gasteiger partial charge in [-0.3, -0.25) is 9.71 Å². The number of ether oxygens (including phenoxy) is 1. The van der Waals surface area contributed by atoms with Gasteiger partial charge in [0, 0.05) is 23.0 Å². The number of hydrogen-bond acceptors (Lipinski definition) is 5. The molecule has 174 valence electrons. The van der Waals surface area contributed by atoms with Crippen molar-refractivity contribution in [3.05, 3.63) is 71.3 Å². The van der Waals surface area contributed by atoms with Gasteiger partial charge in [0.1, 0.15) is 16.5 Å². The summed E-state index contributed by atoms with van der Waals surface area (Å²) in [5.41, 5.74) is -0.544. The Morgan fingerprint density at radius 1 is 1.21 bits per heavy atom. The zero-order valence-corrected chi connectivity index (χ0v) is 19.7. The zero-order valence-electron chi connectivity index (χ0n) is 18.1. The summed E-state index contributed by atoms with van der Waals surface area (Å²) in [5, 5.41) is 9.30. The molecule has 0 radical (unpaired) electrons. The van der Waals surface area contributed by atoms with Gasteiger partial charge in [0.05, 0.1) is 5.69 Å². The van der Waals surface area contributed by atoms with E-state index in [1.807, 2.05) is 0 Å². The van der Waals surface area contributed by atoms with Crippen LogP contribution >= 0.6 is 11.6 Å². The lowest BCUT2D eigenvalue weighted by molar-refractivity contribution is -0.152. The molecule has 0 fully saturated rings. The molecule has 0 amide bonds. The first-order valence-corrected chi connectivity index (χ1v) is 11.8. The van der Waals surface area contributed by atoms with Gasteiger partial charge < -0.3 is 9.84 Å². The average molecular weight is 493 g/mol. The maximum atomic E-state index is 14.9. The zero-order chi connectivity index (χ0) is 24.4. The van der Waals surface area contributed by atoms with Crippen molar-refractivity contribution in [2.75, 3.05) is 4.72 Å². The number of anilines is 1. The smallest absolute Gasteiger partial charge is 0.347 e. The number of halogens is 2. The number of carbonyl (C=O) groups is 1. The van der Waals surface area contributed by atoms with Crippen molar-refractivity contribution in [1.82, 2.24) is 4.98 Å². The summed E-state index contributed by atoms with van der Waals surface area (Å²) in [6.07, 6.45) is 3.15. The van der Waals surface area contributed by atoms with E-state index in [4.69, 9.17) is 16.3 Å². The summed E-state index contributed by atoms with van der Waals surface area (Å²) >= 11 is 6.04. The van der Waals surface area contributed by atoms with Crippen LogP contribution in [0.4, 0.5) is 10.1 Å². The van der Waals surface area contributed by atoms with E-state index in [0.717, 1.165) is 6.07 Å². The van der Waals surface area contributed by atoms with Crippen LogP contribution in [0.2, 0.25) is 5.02 Å². The molecule has 0 unspecified atom stereocenters. The van der Waals surface area contributed by atoms with E-state index in [0.29, 0.717) is 17.5 Å². The Labute approximate surface area is 196 Å². The Bertz CT molecular complexity index is 1290. The molecular weight excluding hydrogens is 471 g/mol. The van der Waals surface area contributed by atoms with Gasteiger partial charge in [-0.1, -0.05) is 30.7 Å². The van der Waals surface area contributed by atoms with E-state index in [1.165, 1.54) is 44.4 Å². The largest absolute Gasteiger partial charge is 0.478 e. The minimum atomic E-state index is -4.15. The molecule has 2 N–H and O–H groups in total. The molecule has 0 aliphatic carbocycles. The Balaban J connectivity index is 2.02. The predicted octanol–water partition coefficient (Wildman–Crippen LogP) is 5.15. The lowest BCUT2D eigenvalue weighted by Gasteiger charge is -2.21. The molecule has 7 nitrogen and oxygen atoms in total. The molecular formula is C23H22ClFN2O5S. The number of benzene rings is 2. The minimum Gasteiger partial charge on any atom is -0.478 e. The van der Waals surface area contributed by atoms with Gasteiger partial charge in [0.15, 0.2) is 5.60 Å². The highest BCUT2D eigenvalue weighted by Gasteiger charge is 2.29. The number of carboxylic acid groups (broad SMARTS) is 1. The molecule has 0 aliphatic rings. The average Bonchev–Trinajstić information content (AvgIpc) is 2.75. The molecule has 3 aromatic rings. The van der Waals surface area contributed by atoms with Crippen LogP contribution in [0.3, 0.4) is 0 Å². The van der Waals surface area contributed by atoms with Gasteiger partial charge >= 0.3 is 5.97 Å². The first kappa shape index (κ1) is 24.5. The van der Waals surface area contributed by atoms with E-state index in [1.54, 1.807) is 25.1 Å². The maximum Gasteiger partial charge on any atom is 0.347 e. The fourth-order valence-corrected chi connectivity index (χ4v) is 4.63. The van der Waals surface area contributed by atoms with Crippen molar-refractivity contribution < 1.29 is 27.4 Å². The van der Waals surface area contributed by atoms with Crippen molar-refractivity contribution >= 4 is 33.3 Å². The van der Waals surface area contributed by atoms with Crippen molar-refractivity contribution in [2.24, 2.45) is 0 Å². The van der Waals surface area contributed by atoms with Crippen LogP contribution in [0.25, 0.3) is 11.1 Å². The van der Waals surface area contributed by atoms with Crippen LogP contribution in [0.1, 0.15) is 26.3 Å². The third-order valence-corrected chi connectivity index (χ3v) is 6.52. The summed E-state index contributed by atoms with van der Waals surface area (Å²) in [5.74, 6) is -1.71. The first-order valence-electron chi connectivity index (χ1n) is 9.92. The van der Waals surface area contributed by atoms with Crippen LogP contribution in [0, 0.1) is 5.82 Å². The van der Waals surface area contributed by atoms with Crippen LogP contribution in [0.5, 0.6) is 5.75 Å².